The van der Waals surface area contributed by atoms with Gasteiger partial charge in [-0.05, 0) is 36.8 Å². The highest BCUT2D eigenvalue weighted by atomic mass is 16.7. The fourth-order valence-corrected chi connectivity index (χ4v) is 4.37. The molecule has 2 atom stereocenters. The van der Waals surface area contributed by atoms with Crippen molar-refractivity contribution >= 4 is 11.9 Å². The molecule has 10 nitrogen and oxygen atoms in total. The second-order valence-electron chi connectivity index (χ2n) is 8.79. The molecule has 33 heavy (non-hydrogen) atoms. The molecular formula is C23H34N4O6. The Kier molecular flexibility index (Phi) is 9.30. The van der Waals surface area contributed by atoms with Gasteiger partial charge >= 0.3 is 11.9 Å². The summed E-state index contributed by atoms with van der Waals surface area (Å²) in [6, 6.07) is 8.26. The number of carbonyl (C=O) groups is 2. The van der Waals surface area contributed by atoms with Crippen LogP contribution in [0.25, 0.3) is 0 Å². The average Bonchev–Trinajstić information content (AvgIpc) is 3.25. The summed E-state index contributed by atoms with van der Waals surface area (Å²) in [6.45, 7) is 4.09. The fraction of sp³-hybridized carbons (Fsp3) is 0.652. The molecule has 2 heterocycles. The molecule has 1 aromatic carbocycles. The molecule has 2 unspecified atom stereocenters. The molecule has 0 aliphatic carbocycles. The smallest absolute Gasteiger partial charge is 0.329 e. The van der Waals surface area contributed by atoms with Gasteiger partial charge in [0.25, 0.3) is 0 Å². The van der Waals surface area contributed by atoms with E-state index in [9.17, 15) is 9.59 Å². The van der Waals surface area contributed by atoms with Gasteiger partial charge in [-0.3, -0.25) is 14.5 Å². The summed E-state index contributed by atoms with van der Waals surface area (Å²) in [7, 11) is 0. The van der Waals surface area contributed by atoms with Crippen molar-refractivity contribution in [1.29, 1.82) is 0 Å². The fourth-order valence-electron chi connectivity index (χ4n) is 4.37. The Morgan fingerprint density at radius 1 is 1.18 bits per heavy atom. The normalized spacial score (nSPS) is 23.2. The number of ether oxygens (including phenoxy) is 1. The van der Waals surface area contributed by atoms with Crippen molar-refractivity contribution in [3.05, 3.63) is 35.4 Å². The molecule has 2 saturated heterocycles. The lowest BCUT2D eigenvalue weighted by molar-refractivity contribution is -0.159. The topological polar surface area (TPSA) is 133 Å². The van der Waals surface area contributed by atoms with Crippen molar-refractivity contribution in [2.75, 3.05) is 32.8 Å². The van der Waals surface area contributed by atoms with E-state index in [-0.39, 0.29) is 25.3 Å². The molecule has 0 aromatic heterocycles. The highest BCUT2D eigenvalue weighted by molar-refractivity contribution is 5.69. The number of hydrogen-bond donors (Lipinski definition) is 3. The molecule has 0 radical (unpaired) electrons. The van der Waals surface area contributed by atoms with E-state index in [1.165, 1.54) is 0 Å². The quantitative estimate of drug-likeness (QED) is 0.404. The van der Waals surface area contributed by atoms with E-state index in [0.717, 1.165) is 30.5 Å². The van der Waals surface area contributed by atoms with Crippen molar-refractivity contribution in [1.82, 2.24) is 10.4 Å². The standard InChI is InChI=1S/C23H34N4O6/c1-2-9-24-25-14-17-3-5-18(6-4-17)20-12-19(33-26-20)13-23(32-16-22(30)31)7-10-27(11-8-23)15-21(28)29/h3-6,19-20,26H,2,7-16H2,1H3,(H,28,29)(H,30,31). The molecule has 0 saturated carbocycles. The highest BCUT2D eigenvalue weighted by Gasteiger charge is 2.41. The Morgan fingerprint density at radius 2 is 1.91 bits per heavy atom. The van der Waals surface area contributed by atoms with Crippen LogP contribution in [0.3, 0.4) is 0 Å². The summed E-state index contributed by atoms with van der Waals surface area (Å²) in [5.41, 5.74) is 4.68. The number of hydrogen-bond acceptors (Lipinski definition) is 8. The predicted molar refractivity (Wildman–Crippen MR) is 120 cm³/mol. The zero-order valence-electron chi connectivity index (χ0n) is 19.1. The summed E-state index contributed by atoms with van der Waals surface area (Å²) in [5.74, 6) is -1.88. The monoisotopic (exact) mass is 462 g/mol. The number of carboxylic acid groups (broad SMARTS) is 2. The highest BCUT2D eigenvalue weighted by Crippen LogP contribution is 2.36. The zero-order chi connectivity index (χ0) is 23.7. The number of rotatable bonds is 12. The number of nitrogens with zero attached hydrogens (tertiary/aromatic N) is 3. The van der Waals surface area contributed by atoms with Crippen molar-refractivity contribution < 1.29 is 29.4 Å². The minimum Gasteiger partial charge on any atom is -0.480 e. The third kappa shape index (κ3) is 7.85. The van der Waals surface area contributed by atoms with Crippen LogP contribution in [0.5, 0.6) is 0 Å². The van der Waals surface area contributed by atoms with Gasteiger partial charge in [0.05, 0.1) is 37.4 Å². The van der Waals surface area contributed by atoms with E-state index < -0.39 is 17.5 Å². The minimum absolute atomic E-state index is 0.0193. The van der Waals surface area contributed by atoms with Gasteiger partial charge in [-0.2, -0.15) is 15.7 Å². The number of carboxylic acids is 2. The summed E-state index contributed by atoms with van der Waals surface area (Å²) in [5, 5.41) is 26.4. The zero-order valence-corrected chi connectivity index (χ0v) is 19.1. The molecule has 2 aliphatic heterocycles. The summed E-state index contributed by atoms with van der Waals surface area (Å²) < 4.78 is 5.86. The van der Waals surface area contributed by atoms with Crippen LogP contribution in [0.4, 0.5) is 0 Å². The van der Waals surface area contributed by atoms with Crippen LogP contribution < -0.4 is 5.48 Å². The van der Waals surface area contributed by atoms with E-state index in [4.69, 9.17) is 19.8 Å². The third-order valence-corrected chi connectivity index (χ3v) is 6.16. The number of azo groups is 1. The Labute approximate surface area is 193 Å². The third-order valence-electron chi connectivity index (χ3n) is 6.16. The molecule has 2 fully saturated rings. The van der Waals surface area contributed by atoms with Crippen LogP contribution >= 0.6 is 0 Å². The molecule has 0 bridgehead atoms. The first-order chi connectivity index (χ1) is 15.9. The van der Waals surface area contributed by atoms with Crippen molar-refractivity contribution in [3.8, 4) is 0 Å². The molecule has 2 aliphatic rings. The van der Waals surface area contributed by atoms with Gasteiger partial charge in [-0.25, -0.2) is 4.79 Å². The maximum atomic E-state index is 11.1. The second kappa shape index (κ2) is 12.2. The van der Waals surface area contributed by atoms with Gasteiger partial charge in [0, 0.05) is 19.5 Å². The number of benzene rings is 1. The van der Waals surface area contributed by atoms with Crippen molar-refractivity contribution in [2.45, 2.75) is 63.3 Å². The molecule has 182 valence electrons. The van der Waals surface area contributed by atoms with E-state index in [2.05, 4.69) is 34.8 Å². The van der Waals surface area contributed by atoms with Crippen LogP contribution in [0.1, 0.15) is 56.2 Å². The van der Waals surface area contributed by atoms with Crippen LogP contribution in [0.2, 0.25) is 0 Å². The molecular weight excluding hydrogens is 428 g/mol. The Morgan fingerprint density at radius 3 is 2.55 bits per heavy atom. The van der Waals surface area contributed by atoms with E-state index in [1.807, 2.05) is 17.0 Å². The number of piperidine rings is 1. The number of aliphatic carboxylic acids is 2. The molecule has 10 heteroatoms. The first-order valence-electron chi connectivity index (χ1n) is 11.5. The van der Waals surface area contributed by atoms with Gasteiger partial charge < -0.3 is 14.9 Å². The number of likely N-dealkylation sites (tertiary alicyclic amines) is 1. The molecule has 0 amide bonds. The Balaban J connectivity index is 1.55. The second-order valence-corrected chi connectivity index (χ2v) is 8.79. The molecule has 3 rings (SSSR count). The Bertz CT molecular complexity index is 808. The first-order valence-corrected chi connectivity index (χ1v) is 11.5. The predicted octanol–water partition coefficient (Wildman–Crippen LogP) is 2.79. The van der Waals surface area contributed by atoms with Gasteiger partial charge in [0.15, 0.2) is 0 Å². The molecule has 3 N–H and O–H groups in total. The number of nitrogens with one attached hydrogen (secondary N) is 1. The van der Waals surface area contributed by atoms with Gasteiger partial charge in [-0.1, -0.05) is 31.2 Å². The van der Waals surface area contributed by atoms with E-state index >= 15 is 0 Å². The molecule has 0 spiro atoms. The van der Waals surface area contributed by atoms with Crippen molar-refractivity contribution in [3.63, 3.8) is 0 Å². The van der Waals surface area contributed by atoms with Crippen LogP contribution in [0.15, 0.2) is 34.5 Å². The van der Waals surface area contributed by atoms with Gasteiger partial charge in [0.2, 0.25) is 0 Å². The van der Waals surface area contributed by atoms with Crippen LogP contribution in [0, 0.1) is 0 Å². The lowest BCUT2D eigenvalue weighted by Crippen LogP contribution is -2.49. The lowest BCUT2D eigenvalue weighted by Gasteiger charge is -2.42. The summed E-state index contributed by atoms with van der Waals surface area (Å²) in [6.07, 6.45) is 3.30. The van der Waals surface area contributed by atoms with Crippen molar-refractivity contribution in [2.24, 2.45) is 10.2 Å². The van der Waals surface area contributed by atoms with Gasteiger partial charge in [-0.15, -0.1) is 0 Å². The van der Waals surface area contributed by atoms with Crippen LogP contribution in [-0.2, 0) is 25.7 Å². The maximum Gasteiger partial charge on any atom is 0.329 e. The number of hydroxylamine groups is 1. The van der Waals surface area contributed by atoms with E-state index in [0.29, 0.717) is 38.9 Å². The van der Waals surface area contributed by atoms with E-state index in [1.54, 1.807) is 0 Å². The largest absolute Gasteiger partial charge is 0.480 e. The minimum atomic E-state index is -1.01. The lowest BCUT2D eigenvalue weighted by atomic mass is 9.84. The summed E-state index contributed by atoms with van der Waals surface area (Å²) >= 11 is 0. The summed E-state index contributed by atoms with van der Waals surface area (Å²) in [4.78, 5) is 29.8. The SMILES string of the molecule is CCCN=NCc1ccc(C2CC(CC3(OCC(=O)O)CCN(CC(=O)O)CC3)ON2)cc1. The Hall–Kier alpha value is -2.40. The maximum absolute atomic E-state index is 11.1. The first kappa shape index (κ1) is 25.2. The average molecular weight is 463 g/mol. The van der Waals surface area contributed by atoms with Crippen LogP contribution in [-0.4, -0.2) is 71.5 Å². The molecule has 1 aromatic rings. The van der Waals surface area contributed by atoms with Gasteiger partial charge in [0.1, 0.15) is 6.61 Å².